The van der Waals surface area contributed by atoms with Gasteiger partial charge in [-0.25, -0.2) is 0 Å². The van der Waals surface area contributed by atoms with Crippen LogP contribution in [0.3, 0.4) is 0 Å². The van der Waals surface area contributed by atoms with Crippen molar-refractivity contribution in [3.63, 3.8) is 0 Å². The van der Waals surface area contributed by atoms with Crippen molar-refractivity contribution >= 4 is 5.91 Å². The Hall–Kier alpha value is -1.53. The van der Waals surface area contributed by atoms with E-state index in [1.165, 1.54) is 25.2 Å². The molecule has 22 heavy (non-hydrogen) atoms. The van der Waals surface area contributed by atoms with E-state index in [1.807, 2.05) is 0 Å². The number of aliphatic hydroxyl groups excluding tert-OH is 1. The van der Waals surface area contributed by atoms with E-state index in [0.717, 1.165) is 38.8 Å². The molecular formula is C16H24N4O2. The van der Waals surface area contributed by atoms with Gasteiger partial charge in [-0.15, -0.1) is 0 Å². The molecule has 0 bridgehead atoms. The molecule has 3 rings (SSSR count). The number of likely N-dealkylation sites (tertiary alicyclic amines) is 1. The predicted octanol–water partition coefficient (Wildman–Crippen LogP) is 0.974. The fourth-order valence-corrected chi connectivity index (χ4v) is 3.63. The van der Waals surface area contributed by atoms with Crippen molar-refractivity contribution < 1.29 is 9.90 Å². The van der Waals surface area contributed by atoms with Crippen molar-refractivity contribution in [2.75, 3.05) is 13.1 Å². The third-order valence-electron chi connectivity index (χ3n) is 4.84. The van der Waals surface area contributed by atoms with Crippen LogP contribution < -0.4 is 5.32 Å². The van der Waals surface area contributed by atoms with Gasteiger partial charge < -0.3 is 10.4 Å². The number of nitrogens with one attached hydrogen (secondary N) is 1. The molecule has 2 aliphatic rings. The zero-order valence-corrected chi connectivity index (χ0v) is 12.8. The van der Waals surface area contributed by atoms with Gasteiger partial charge in [-0.3, -0.25) is 9.69 Å². The van der Waals surface area contributed by atoms with Gasteiger partial charge in [0.05, 0.1) is 30.1 Å². The lowest BCUT2D eigenvalue weighted by molar-refractivity contribution is 0.0338. The van der Waals surface area contributed by atoms with Gasteiger partial charge in [0.15, 0.2) is 0 Å². The topological polar surface area (TPSA) is 78.4 Å². The molecule has 1 aliphatic heterocycles. The van der Waals surface area contributed by atoms with Crippen LogP contribution in [0.4, 0.5) is 0 Å². The third-order valence-corrected chi connectivity index (χ3v) is 4.84. The molecule has 1 aliphatic carbocycles. The number of hydrogen-bond donors (Lipinski definition) is 2. The number of aromatic nitrogens is 2. The molecule has 0 unspecified atom stereocenters. The van der Waals surface area contributed by atoms with Gasteiger partial charge >= 0.3 is 0 Å². The molecule has 1 aromatic rings. The Balaban J connectivity index is 1.67. The van der Waals surface area contributed by atoms with Gasteiger partial charge in [0, 0.05) is 6.04 Å². The molecule has 1 saturated carbocycles. The van der Waals surface area contributed by atoms with Crippen LogP contribution >= 0.6 is 0 Å². The number of carbonyl (C=O) groups is 1. The predicted molar refractivity (Wildman–Crippen MR) is 82.4 cm³/mol. The lowest BCUT2D eigenvalue weighted by atomic mass is 10.00. The smallest absolute Gasteiger partial charge is 0.253 e. The normalized spacial score (nSPS) is 30.0. The number of rotatable bonds is 3. The van der Waals surface area contributed by atoms with Crippen LogP contribution in [0.2, 0.25) is 0 Å². The Bertz CT molecular complexity index is 490. The van der Waals surface area contributed by atoms with Crippen molar-refractivity contribution in [2.24, 2.45) is 0 Å². The molecule has 1 aromatic heterocycles. The summed E-state index contributed by atoms with van der Waals surface area (Å²) in [5.41, 5.74) is 0.490. The first-order chi connectivity index (χ1) is 10.8. The molecule has 6 heteroatoms. The third kappa shape index (κ3) is 3.44. The van der Waals surface area contributed by atoms with Crippen LogP contribution in [0.25, 0.3) is 0 Å². The molecule has 2 fully saturated rings. The van der Waals surface area contributed by atoms with E-state index in [1.54, 1.807) is 6.07 Å². The van der Waals surface area contributed by atoms with Gasteiger partial charge in [-0.2, -0.15) is 10.2 Å². The van der Waals surface area contributed by atoms with Gasteiger partial charge in [0.2, 0.25) is 0 Å². The SMILES string of the molecule is O=C(N[C@@H]1CCCC[C@@H](N2CCCC2)[C@@H]1O)c1ccnnc1. The lowest BCUT2D eigenvalue weighted by Gasteiger charge is -2.34. The minimum Gasteiger partial charge on any atom is -0.389 e. The second-order valence-electron chi connectivity index (χ2n) is 6.30. The lowest BCUT2D eigenvalue weighted by Crippen LogP contribution is -2.52. The van der Waals surface area contributed by atoms with E-state index < -0.39 is 6.10 Å². The molecule has 1 amide bonds. The van der Waals surface area contributed by atoms with Crippen molar-refractivity contribution in [2.45, 2.75) is 56.7 Å². The van der Waals surface area contributed by atoms with E-state index in [2.05, 4.69) is 20.4 Å². The minimum atomic E-state index is -0.501. The zero-order valence-electron chi connectivity index (χ0n) is 12.8. The number of hydrogen-bond acceptors (Lipinski definition) is 5. The van der Waals surface area contributed by atoms with Gasteiger partial charge in [-0.1, -0.05) is 12.8 Å². The van der Waals surface area contributed by atoms with Crippen LogP contribution in [-0.4, -0.2) is 57.4 Å². The average Bonchev–Trinajstić information content (AvgIpc) is 3.02. The first kappa shape index (κ1) is 15.4. The Morgan fingerprint density at radius 1 is 1.18 bits per heavy atom. The Kier molecular flexibility index (Phi) is 5.00. The maximum absolute atomic E-state index is 12.3. The van der Waals surface area contributed by atoms with Crippen LogP contribution in [0.5, 0.6) is 0 Å². The highest BCUT2D eigenvalue weighted by Crippen LogP contribution is 2.26. The second kappa shape index (κ2) is 7.15. The first-order valence-corrected chi connectivity index (χ1v) is 8.25. The minimum absolute atomic E-state index is 0.172. The summed E-state index contributed by atoms with van der Waals surface area (Å²) in [4.78, 5) is 14.7. The van der Waals surface area contributed by atoms with E-state index in [4.69, 9.17) is 0 Å². The van der Waals surface area contributed by atoms with Crippen molar-refractivity contribution in [3.05, 3.63) is 24.0 Å². The highest BCUT2D eigenvalue weighted by atomic mass is 16.3. The second-order valence-corrected chi connectivity index (χ2v) is 6.30. The summed E-state index contributed by atoms with van der Waals surface area (Å²) in [7, 11) is 0. The molecular weight excluding hydrogens is 280 g/mol. The Morgan fingerprint density at radius 3 is 2.68 bits per heavy atom. The number of amides is 1. The van der Waals surface area contributed by atoms with Gasteiger partial charge in [0.1, 0.15) is 0 Å². The molecule has 0 spiro atoms. The monoisotopic (exact) mass is 304 g/mol. The molecule has 2 N–H and O–H groups in total. The summed E-state index contributed by atoms with van der Waals surface area (Å²) < 4.78 is 0. The van der Waals surface area contributed by atoms with Crippen molar-refractivity contribution in [3.8, 4) is 0 Å². The maximum Gasteiger partial charge on any atom is 0.253 e. The van der Waals surface area contributed by atoms with E-state index in [9.17, 15) is 9.90 Å². The highest BCUT2D eigenvalue weighted by Gasteiger charge is 2.35. The first-order valence-electron chi connectivity index (χ1n) is 8.25. The zero-order chi connectivity index (χ0) is 15.4. The molecule has 1 saturated heterocycles. The quantitative estimate of drug-likeness (QED) is 0.814. The van der Waals surface area contributed by atoms with Gasteiger partial charge in [-0.05, 0) is 44.8 Å². The summed E-state index contributed by atoms with van der Waals surface area (Å²) in [6.45, 7) is 2.13. The van der Waals surface area contributed by atoms with Crippen molar-refractivity contribution in [1.82, 2.24) is 20.4 Å². The van der Waals surface area contributed by atoms with Crippen LogP contribution in [-0.2, 0) is 0 Å². The summed E-state index contributed by atoms with van der Waals surface area (Å²) in [6, 6.07) is 1.63. The maximum atomic E-state index is 12.3. The molecule has 3 atom stereocenters. The van der Waals surface area contributed by atoms with Crippen LogP contribution in [0.15, 0.2) is 18.5 Å². The largest absolute Gasteiger partial charge is 0.389 e. The summed E-state index contributed by atoms with van der Waals surface area (Å²) in [5, 5.41) is 21.2. The number of nitrogens with zero attached hydrogens (tertiary/aromatic N) is 3. The summed E-state index contributed by atoms with van der Waals surface area (Å²) in [6.07, 6.45) is 8.88. The van der Waals surface area contributed by atoms with Crippen LogP contribution in [0.1, 0.15) is 48.9 Å². The average molecular weight is 304 g/mol. The number of aliphatic hydroxyl groups is 1. The summed E-state index contributed by atoms with van der Waals surface area (Å²) >= 11 is 0. The fourth-order valence-electron chi connectivity index (χ4n) is 3.63. The fraction of sp³-hybridized carbons (Fsp3) is 0.688. The van der Waals surface area contributed by atoms with E-state index in [0.29, 0.717) is 5.56 Å². The Morgan fingerprint density at radius 2 is 1.95 bits per heavy atom. The summed E-state index contributed by atoms with van der Waals surface area (Å²) in [5.74, 6) is -0.180. The molecule has 0 aromatic carbocycles. The Labute approximate surface area is 130 Å². The standard InChI is InChI=1S/C16H24N4O2/c21-15-13(19-16(22)12-7-8-17-18-11-12)5-1-2-6-14(15)20-9-3-4-10-20/h7-8,11,13-15,21H,1-6,9-10H2,(H,19,22)/t13-,14-,15-/m1/s1. The number of carbonyl (C=O) groups excluding carboxylic acids is 1. The van der Waals surface area contributed by atoms with Crippen LogP contribution in [0, 0.1) is 0 Å². The van der Waals surface area contributed by atoms with Crippen molar-refractivity contribution in [1.29, 1.82) is 0 Å². The van der Waals surface area contributed by atoms with E-state index in [-0.39, 0.29) is 18.0 Å². The molecule has 120 valence electrons. The molecule has 6 nitrogen and oxygen atoms in total. The molecule has 0 radical (unpaired) electrons. The highest BCUT2D eigenvalue weighted by molar-refractivity contribution is 5.93. The van der Waals surface area contributed by atoms with E-state index >= 15 is 0 Å². The van der Waals surface area contributed by atoms with Gasteiger partial charge in [0.25, 0.3) is 5.91 Å². The molecule has 2 heterocycles.